The number of carboxylic acid groups (broad SMARTS) is 1. The van der Waals surface area contributed by atoms with Gasteiger partial charge < -0.3 is 19.6 Å². The predicted molar refractivity (Wildman–Crippen MR) is 91.8 cm³/mol. The first-order valence-electron chi connectivity index (χ1n) is 8.61. The van der Waals surface area contributed by atoms with E-state index in [-0.39, 0.29) is 0 Å². The van der Waals surface area contributed by atoms with Crippen LogP contribution in [0, 0.1) is 0 Å². The normalized spacial score (nSPS) is 22.0. The van der Waals surface area contributed by atoms with Crippen molar-refractivity contribution < 1.29 is 14.6 Å². The van der Waals surface area contributed by atoms with E-state index in [4.69, 9.17) is 9.72 Å². The largest absolute Gasteiger partial charge is 0.481 e. The van der Waals surface area contributed by atoms with E-state index in [1.165, 1.54) is 0 Å². The van der Waals surface area contributed by atoms with Crippen LogP contribution in [0.15, 0.2) is 6.20 Å². The number of morpholine rings is 1. The summed E-state index contributed by atoms with van der Waals surface area (Å²) in [6.45, 7) is 9.24. The average molecular weight is 334 g/mol. The Balaban J connectivity index is 2.03. The summed E-state index contributed by atoms with van der Waals surface area (Å²) in [6, 6.07) is 0.417. The maximum absolute atomic E-state index is 11.7. The van der Waals surface area contributed by atoms with Crippen LogP contribution in [-0.2, 0) is 14.9 Å². The topological polar surface area (TPSA) is 78.8 Å². The molecule has 0 aliphatic carbocycles. The standard InChI is InChI=1S/C17H26N4O3/c1-12-5-4-6-21(12)16-18-11-13(17(2,3)15(22)23)14(19-16)20-7-9-24-10-8-20/h11-12H,4-10H2,1-3H3,(H,22,23)/t12-/m0/s1. The third kappa shape index (κ3) is 3.05. The summed E-state index contributed by atoms with van der Waals surface area (Å²) >= 11 is 0. The van der Waals surface area contributed by atoms with Crippen molar-refractivity contribution in [3.63, 3.8) is 0 Å². The molecular weight excluding hydrogens is 308 g/mol. The average Bonchev–Trinajstić information content (AvgIpc) is 3.01. The molecule has 0 spiro atoms. The second-order valence-corrected chi connectivity index (χ2v) is 7.12. The Morgan fingerprint density at radius 3 is 2.62 bits per heavy atom. The Hall–Kier alpha value is -1.89. The summed E-state index contributed by atoms with van der Waals surface area (Å²) in [6.07, 6.45) is 3.98. The maximum Gasteiger partial charge on any atom is 0.313 e. The molecule has 0 amide bonds. The third-order valence-electron chi connectivity index (χ3n) is 5.08. The van der Waals surface area contributed by atoms with Gasteiger partial charge in [-0.25, -0.2) is 4.98 Å². The minimum atomic E-state index is -1.04. The Bertz CT molecular complexity index is 614. The zero-order chi connectivity index (χ0) is 17.3. The van der Waals surface area contributed by atoms with E-state index in [9.17, 15) is 9.90 Å². The van der Waals surface area contributed by atoms with Crippen LogP contribution >= 0.6 is 0 Å². The number of aliphatic carboxylic acids is 1. The minimum Gasteiger partial charge on any atom is -0.481 e. The fourth-order valence-electron chi connectivity index (χ4n) is 3.30. The minimum absolute atomic E-state index is 0.417. The molecule has 2 saturated heterocycles. The molecule has 3 heterocycles. The molecular formula is C17H26N4O3. The number of rotatable bonds is 4. The highest BCUT2D eigenvalue weighted by molar-refractivity contribution is 5.82. The van der Waals surface area contributed by atoms with Gasteiger partial charge in [0.15, 0.2) is 0 Å². The van der Waals surface area contributed by atoms with Crippen molar-refractivity contribution in [1.29, 1.82) is 0 Å². The van der Waals surface area contributed by atoms with Gasteiger partial charge in [0.2, 0.25) is 5.95 Å². The quantitative estimate of drug-likeness (QED) is 0.897. The van der Waals surface area contributed by atoms with Gasteiger partial charge in [0, 0.05) is 37.4 Å². The summed E-state index contributed by atoms with van der Waals surface area (Å²) in [5, 5.41) is 9.63. The monoisotopic (exact) mass is 334 g/mol. The molecule has 0 unspecified atom stereocenters. The Labute approximate surface area is 142 Å². The van der Waals surface area contributed by atoms with Crippen LogP contribution in [0.3, 0.4) is 0 Å². The SMILES string of the molecule is C[C@H]1CCCN1c1ncc(C(C)(C)C(=O)O)c(N2CCOCC2)n1. The van der Waals surface area contributed by atoms with E-state index in [1.54, 1.807) is 20.0 Å². The highest BCUT2D eigenvalue weighted by atomic mass is 16.5. The number of nitrogens with zero attached hydrogens (tertiary/aromatic N) is 4. The van der Waals surface area contributed by atoms with Crippen molar-refractivity contribution in [1.82, 2.24) is 9.97 Å². The van der Waals surface area contributed by atoms with E-state index in [0.717, 1.165) is 25.2 Å². The fourth-order valence-corrected chi connectivity index (χ4v) is 3.30. The molecule has 24 heavy (non-hydrogen) atoms. The predicted octanol–water partition coefficient (Wildman–Crippen LogP) is 1.66. The second kappa shape index (κ2) is 6.55. The number of hydrogen-bond donors (Lipinski definition) is 1. The summed E-state index contributed by atoms with van der Waals surface area (Å²) in [4.78, 5) is 25.4. The van der Waals surface area contributed by atoms with Gasteiger partial charge in [0.1, 0.15) is 5.82 Å². The third-order valence-corrected chi connectivity index (χ3v) is 5.08. The lowest BCUT2D eigenvalue weighted by Gasteiger charge is -2.33. The van der Waals surface area contributed by atoms with E-state index in [0.29, 0.717) is 43.9 Å². The number of aromatic nitrogens is 2. The van der Waals surface area contributed by atoms with Crippen molar-refractivity contribution in [2.75, 3.05) is 42.6 Å². The van der Waals surface area contributed by atoms with E-state index < -0.39 is 11.4 Å². The number of anilines is 2. The van der Waals surface area contributed by atoms with E-state index >= 15 is 0 Å². The zero-order valence-electron chi connectivity index (χ0n) is 14.7. The van der Waals surface area contributed by atoms with Gasteiger partial charge in [-0.15, -0.1) is 0 Å². The van der Waals surface area contributed by atoms with Gasteiger partial charge in [-0.05, 0) is 33.6 Å². The Morgan fingerprint density at radius 2 is 2.04 bits per heavy atom. The van der Waals surface area contributed by atoms with Crippen LogP contribution in [0.5, 0.6) is 0 Å². The molecule has 2 aliphatic heterocycles. The summed E-state index contributed by atoms with van der Waals surface area (Å²) in [5.74, 6) is 0.559. The highest BCUT2D eigenvalue weighted by Crippen LogP contribution is 2.33. The molecule has 0 saturated carbocycles. The number of hydrogen-bond acceptors (Lipinski definition) is 6. The van der Waals surface area contributed by atoms with Crippen molar-refractivity contribution >= 4 is 17.7 Å². The number of carbonyl (C=O) groups is 1. The summed E-state index contributed by atoms with van der Waals surface area (Å²) < 4.78 is 5.43. The molecule has 1 atom stereocenters. The molecule has 2 aliphatic rings. The van der Waals surface area contributed by atoms with Crippen molar-refractivity contribution in [2.45, 2.75) is 45.1 Å². The van der Waals surface area contributed by atoms with Gasteiger partial charge in [-0.1, -0.05) is 0 Å². The van der Waals surface area contributed by atoms with Crippen LogP contribution in [0.4, 0.5) is 11.8 Å². The van der Waals surface area contributed by atoms with Crippen molar-refractivity contribution in [2.24, 2.45) is 0 Å². The van der Waals surface area contributed by atoms with Gasteiger partial charge in [-0.3, -0.25) is 4.79 Å². The van der Waals surface area contributed by atoms with Crippen LogP contribution in [-0.4, -0.2) is 59.9 Å². The smallest absolute Gasteiger partial charge is 0.313 e. The van der Waals surface area contributed by atoms with Gasteiger partial charge in [0.05, 0.1) is 18.6 Å². The van der Waals surface area contributed by atoms with Crippen LogP contribution < -0.4 is 9.80 Å². The van der Waals surface area contributed by atoms with Crippen LogP contribution in [0.25, 0.3) is 0 Å². The summed E-state index contributed by atoms with van der Waals surface area (Å²) in [5.41, 5.74) is -0.379. The first kappa shape index (κ1) is 17.0. The highest BCUT2D eigenvalue weighted by Gasteiger charge is 2.36. The first-order valence-corrected chi connectivity index (χ1v) is 8.61. The molecule has 1 aromatic heterocycles. The second-order valence-electron chi connectivity index (χ2n) is 7.12. The molecule has 0 aromatic carbocycles. The Kier molecular flexibility index (Phi) is 4.62. The molecule has 3 rings (SSSR count). The van der Waals surface area contributed by atoms with E-state index in [2.05, 4.69) is 21.7 Å². The molecule has 1 N–H and O–H groups in total. The van der Waals surface area contributed by atoms with E-state index in [1.807, 2.05) is 0 Å². The number of ether oxygens (including phenoxy) is 1. The summed E-state index contributed by atoms with van der Waals surface area (Å²) in [7, 11) is 0. The van der Waals surface area contributed by atoms with Crippen molar-refractivity contribution in [3.05, 3.63) is 11.8 Å². The molecule has 132 valence electrons. The Morgan fingerprint density at radius 1 is 1.33 bits per heavy atom. The van der Waals surface area contributed by atoms with Crippen molar-refractivity contribution in [3.8, 4) is 0 Å². The van der Waals surface area contributed by atoms with Gasteiger partial charge >= 0.3 is 5.97 Å². The van der Waals surface area contributed by atoms with Gasteiger partial charge in [-0.2, -0.15) is 4.98 Å². The zero-order valence-corrected chi connectivity index (χ0v) is 14.7. The fraction of sp³-hybridized carbons (Fsp3) is 0.706. The number of carboxylic acids is 1. The van der Waals surface area contributed by atoms with Crippen LogP contribution in [0.1, 0.15) is 39.2 Å². The molecule has 0 bridgehead atoms. The first-order chi connectivity index (χ1) is 11.4. The maximum atomic E-state index is 11.7. The lowest BCUT2D eigenvalue weighted by molar-refractivity contribution is -0.142. The lowest BCUT2D eigenvalue weighted by atomic mass is 9.85. The molecule has 0 radical (unpaired) electrons. The molecule has 1 aromatic rings. The molecule has 2 fully saturated rings. The lowest BCUT2D eigenvalue weighted by Crippen LogP contribution is -2.40. The van der Waals surface area contributed by atoms with Gasteiger partial charge in [0.25, 0.3) is 0 Å². The molecule has 7 heteroatoms. The van der Waals surface area contributed by atoms with Crippen LogP contribution in [0.2, 0.25) is 0 Å². The molecule has 7 nitrogen and oxygen atoms in total.